The number of nitrogens with one attached hydrogen (secondary N) is 2. The second-order valence-corrected chi connectivity index (χ2v) is 8.90. The van der Waals surface area contributed by atoms with Crippen LogP contribution in [0.1, 0.15) is 40.1 Å². The topological polar surface area (TPSA) is 76.2 Å². The van der Waals surface area contributed by atoms with Crippen LogP contribution in [0.4, 0.5) is 5.82 Å². The van der Waals surface area contributed by atoms with Crippen LogP contribution in [0.25, 0.3) is 0 Å². The van der Waals surface area contributed by atoms with E-state index in [1.165, 1.54) is 5.56 Å². The number of nitrogens with zero attached hydrogens (tertiary/aromatic N) is 1. The van der Waals surface area contributed by atoms with Crippen molar-refractivity contribution in [2.24, 2.45) is 0 Å². The largest absolute Gasteiger partial charge is 0.493 e. The van der Waals surface area contributed by atoms with E-state index in [0.29, 0.717) is 23.9 Å². The fraction of sp³-hybridized carbons (Fsp3) is 0.304. The lowest BCUT2D eigenvalue weighted by Crippen LogP contribution is -2.21. The van der Waals surface area contributed by atoms with Crippen molar-refractivity contribution in [3.05, 3.63) is 70.4 Å². The molecular formula is C23H25N3O3S. The number of fused-ring (bicyclic) bond motifs is 1. The van der Waals surface area contributed by atoms with Gasteiger partial charge in [0.25, 0.3) is 0 Å². The number of aromatic amines is 1. The van der Waals surface area contributed by atoms with Crippen LogP contribution in [0.5, 0.6) is 11.5 Å². The van der Waals surface area contributed by atoms with Crippen LogP contribution in [-0.4, -0.2) is 28.5 Å². The monoisotopic (exact) mass is 423 g/mol. The molecule has 1 aliphatic heterocycles. The molecule has 1 aliphatic rings. The van der Waals surface area contributed by atoms with E-state index in [1.54, 1.807) is 18.9 Å². The molecule has 0 aliphatic carbocycles. The summed E-state index contributed by atoms with van der Waals surface area (Å²) in [5.41, 5.74) is 5.28. The molecule has 0 saturated heterocycles. The molecule has 4 rings (SSSR count). The van der Waals surface area contributed by atoms with Crippen LogP contribution in [0, 0.1) is 13.8 Å². The van der Waals surface area contributed by atoms with E-state index in [2.05, 4.69) is 34.6 Å². The number of anilines is 1. The van der Waals surface area contributed by atoms with Gasteiger partial charge in [-0.1, -0.05) is 35.9 Å². The summed E-state index contributed by atoms with van der Waals surface area (Å²) in [7, 11) is 1.64. The molecule has 0 bridgehead atoms. The molecule has 1 amide bonds. The predicted molar refractivity (Wildman–Crippen MR) is 119 cm³/mol. The van der Waals surface area contributed by atoms with Crippen LogP contribution in [0.3, 0.4) is 0 Å². The van der Waals surface area contributed by atoms with E-state index in [9.17, 15) is 4.79 Å². The minimum atomic E-state index is -0.202. The van der Waals surface area contributed by atoms with Crippen LogP contribution in [0.2, 0.25) is 0 Å². The van der Waals surface area contributed by atoms with E-state index < -0.39 is 0 Å². The molecule has 3 aromatic rings. The first-order chi connectivity index (χ1) is 14.5. The first kappa shape index (κ1) is 20.3. The molecule has 7 heteroatoms. The summed E-state index contributed by atoms with van der Waals surface area (Å²) >= 11 is 1.60. The van der Waals surface area contributed by atoms with Crippen molar-refractivity contribution in [3.63, 3.8) is 0 Å². The van der Waals surface area contributed by atoms with Gasteiger partial charge in [-0.25, -0.2) is 0 Å². The van der Waals surface area contributed by atoms with Gasteiger partial charge >= 0.3 is 0 Å². The first-order valence-electron chi connectivity index (χ1n) is 9.83. The summed E-state index contributed by atoms with van der Waals surface area (Å²) in [6.45, 7) is 6.42. The highest BCUT2D eigenvalue weighted by Gasteiger charge is 2.32. The maximum Gasteiger partial charge on any atom is 0.238 e. The Morgan fingerprint density at radius 2 is 1.97 bits per heavy atom. The number of aromatic nitrogens is 2. The number of hydrogen-bond acceptors (Lipinski definition) is 5. The Morgan fingerprint density at radius 1 is 1.13 bits per heavy atom. The number of hydrogen-bond donors (Lipinski definition) is 2. The van der Waals surface area contributed by atoms with Crippen LogP contribution in [0.15, 0.2) is 42.5 Å². The van der Waals surface area contributed by atoms with Gasteiger partial charge in [-0.2, -0.15) is 5.10 Å². The highest BCUT2D eigenvalue weighted by Crippen LogP contribution is 2.46. The zero-order chi connectivity index (χ0) is 21.3. The third-order valence-corrected chi connectivity index (χ3v) is 6.58. The number of rotatable bonds is 5. The summed E-state index contributed by atoms with van der Waals surface area (Å²) < 4.78 is 11.7. The molecule has 0 radical (unpaired) electrons. The number of ether oxygens (including phenoxy) is 2. The van der Waals surface area contributed by atoms with Gasteiger partial charge in [-0.15, -0.1) is 11.8 Å². The smallest absolute Gasteiger partial charge is 0.238 e. The molecule has 156 valence electrons. The van der Waals surface area contributed by atoms with Crippen molar-refractivity contribution in [1.29, 1.82) is 0 Å². The Kier molecular flexibility index (Phi) is 5.72. The minimum absolute atomic E-state index is 0.0414. The van der Waals surface area contributed by atoms with Gasteiger partial charge in [0.1, 0.15) is 6.61 Å². The van der Waals surface area contributed by atoms with Crippen molar-refractivity contribution in [2.45, 2.75) is 37.9 Å². The summed E-state index contributed by atoms with van der Waals surface area (Å²) in [6.07, 6.45) is 0. The Labute approximate surface area is 180 Å². The molecule has 2 heterocycles. The van der Waals surface area contributed by atoms with E-state index in [0.717, 1.165) is 22.4 Å². The fourth-order valence-corrected chi connectivity index (χ4v) is 4.90. The number of H-pyrrole nitrogens is 1. The zero-order valence-corrected chi connectivity index (χ0v) is 18.3. The second-order valence-electron chi connectivity index (χ2n) is 7.45. The third-order valence-electron chi connectivity index (χ3n) is 5.18. The Hall–Kier alpha value is -2.93. The van der Waals surface area contributed by atoms with E-state index in [-0.39, 0.29) is 16.4 Å². The zero-order valence-electron chi connectivity index (χ0n) is 17.5. The fourth-order valence-electron chi connectivity index (χ4n) is 3.58. The molecule has 6 nitrogen and oxygen atoms in total. The van der Waals surface area contributed by atoms with Crippen LogP contribution in [-0.2, 0) is 11.4 Å². The van der Waals surface area contributed by atoms with Gasteiger partial charge in [0.2, 0.25) is 5.91 Å². The van der Waals surface area contributed by atoms with E-state index >= 15 is 0 Å². The number of thioether (sulfide) groups is 1. The lowest BCUT2D eigenvalue weighted by atomic mass is 10.0. The Bertz CT molecular complexity index is 1080. The maximum atomic E-state index is 12.4. The number of aryl methyl sites for hydroxylation is 2. The van der Waals surface area contributed by atoms with Crippen LogP contribution >= 0.6 is 11.8 Å². The molecule has 2 aromatic carbocycles. The molecular weight excluding hydrogens is 398 g/mol. The van der Waals surface area contributed by atoms with Crippen molar-refractivity contribution in [3.8, 4) is 11.5 Å². The summed E-state index contributed by atoms with van der Waals surface area (Å²) in [4.78, 5) is 12.4. The second kappa shape index (κ2) is 8.44. The number of amides is 1. The Morgan fingerprint density at radius 3 is 2.73 bits per heavy atom. The van der Waals surface area contributed by atoms with Gasteiger partial charge in [-0.05, 0) is 44.0 Å². The lowest BCUT2D eigenvalue weighted by Gasteiger charge is -2.19. The average molecular weight is 424 g/mol. The van der Waals surface area contributed by atoms with Crippen molar-refractivity contribution < 1.29 is 14.3 Å². The van der Waals surface area contributed by atoms with E-state index in [1.807, 2.05) is 44.2 Å². The number of benzene rings is 2. The highest BCUT2D eigenvalue weighted by molar-refractivity contribution is 8.01. The number of methoxy groups -OCH3 is 1. The summed E-state index contributed by atoms with van der Waals surface area (Å²) in [5, 5.41) is 9.94. The first-order valence-corrected chi connectivity index (χ1v) is 10.8. The molecule has 0 unspecified atom stereocenters. The van der Waals surface area contributed by atoms with Gasteiger partial charge in [0.15, 0.2) is 17.3 Å². The molecule has 0 fully saturated rings. The van der Waals surface area contributed by atoms with Crippen LogP contribution < -0.4 is 14.8 Å². The normalized spacial score (nSPS) is 18.3. The maximum absolute atomic E-state index is 12.4. The molecule has 0 spiro atoms. The Balaban J connectivity index is 1.63. The number of carbonyl (C=O) groups is 1. The lowest BCUT2D eigenvalue weighted by molar-refractivity contribution is -0.115. The highest BCUT2D eigenvalue weighted by atomic mass is 32.2. The SMILES string of the molecule is COc1cc([C@@H]2S[C@H](C)C(=O)Nc3n[nH]c(C)c32)ccc1OCc1cccc(C)c1. The standard InChI is InChI=1S/C23H25N3O3S/c1-13-6-5-7-16(10-13)12-29-18-9-8-17(11-19(18)28-4)21-20-14(2)25-26-22(20)24-23(27)15(3)30-21/h5-11,15,21H,12H2,1-4H3,(H2,24,25,26,27)/t15-,21+/m1/s1. The van der Waals surface area contributed by atoms with Crippen molar-refractivity contribution in [1.82, 2.24) is 10.2 Å². The molecule has 0 saturated carbocycles. The summed E-state index contributed by atoms with van der Waals surface area (Å²) in [5.74, 6) is 1.91. The molecule has 2 N–H and O–H groups in total. The molecule has 1 aromatic heterocycles. The molecule has 2 atom stereocenters. The average Bonchev–Trinajstić information content (AvgIpc) is 3.03. The van der Waals surface area contributed by atoms with E-state index in [4.69, 9.17) is 9.47 Å². The summed E-state index contributed by atoms with van der Waals surface area (Å²) in [6, 6.07) is 14.2. The minimum Gasteiger partial charge on any atom is -0.493 e. The van der Waals surface area contributed by atoms with Crippen molar-refractivity contribution in [2.75, 3.05) is 12.4 Å². The third kappa shape index (κ3) is 4.03. The predicted octanol–water partition coefficient (Wildman–Crippen LogP) is 4.78. The van der Waals surface area contributed by atoms with Crippen molar-refractivity contribution >= 4 is 23.5 Å². The van der Waals surface area contributed by atoms with Gasteiger partial charge in [0.05, 0.1) is 17.6 Å². The number of carbonyl (C=O) groups excluding carboxylic acids is 1. The quantitative estimate of drug-likeness (QED) is 0.618. The molecule has 30 heavy (non-hydrogen) atoms. The van der Waals surface area contributed by atoms with Gasteiger partial charge in [0, 0.05) is 11.3 Å². The van der Waals surface area contributed by atoms with Gasteiger partial charge < -0.3 is 14.8 Å². The van der Waals surface area contributed by atoms with Gasteiger partial charge in [-0.3, -0.25) is 9.89 Å².